The van der Waals surface area contributed by atoms with Crippen LogP contribution in [0.2, 0.25) is 0 Å². The van der Waals surface area contributed by atoms with Gasteiger partial charge >= 0.3 is 0 Å². The molecule has 0 atom stereocenters. The van der Waals surface area contributed by atoms with Crippen LogP contribution in [0, 0.1) is 11.7 Å². The number of carbonyl (C=O) groups is 2. The molecule has 150 valence electrons. The van der Waals surface area contributed by atoms with Gasteiger partial charge in [-0.3, -0.25) is 14.7 Å². The lowest BCUT2D eigenvalue weighted by Gasteiger charge is -2.31. The minimum Gasteiger partial charge on any atom is -0.355 e. The monoisotopic (exact) mass is 387 g/mol. The number of piperidine rings is 1. The number of H-pyrrole nitrogens is 1. The fourth-order valence-electron chi connectivity index (χ4n) is 3.38. The Kier molecular flexibility index (Phi) is 6.41. The molecule has 2 aromatic rings. The summed E-state index contributed by atoms with van der Waals surface area (Å²) in [7, 11) is 3.92. The highest BCUT2D eigenvalue weighted by molar-refractivity contribution is 6.00. The average molecular weight is 387 g/mol. The second-order valence-corrected chi connectivity index (χ2v) is 7.30. The summed E-state index contributed by atoms with van der Waals surface area (Å²) < 4.78 is 14.1. The number of amides is 2. The molecule has 2 N–H and O–H groups in total. The Morgan fingerprint density at radius 3 is 2.68 bits per heavy atom. The van der Waals surface area contributed by atoms with Gasteiger partial charge in [0.15, 0.2) is 0 Å². The fraction of sp³-hybridized carbons (Fsp3) is 0.450. The molecule has 7 nitrogen and oxygen atoms in total. The van der Waals surface area contributed by atoms with Crippen LogP contribution in [0.5, 0.6) is 0 Å². The molecule has 1 aliphatic heterocycles. The first kappa shape index (κ1) is 20.0. The predicted octanol–water partition coefficient (Wildman–Crippen LogP) is 1.75. The van der Waals surface area contributed by atoms with Crippen LogP contribution in [0.1, 0.15) is 23.2 Å². The molecule has 0 unspecified atom stereocenters. The minimum atomic E-state index is -0.408. The zero-order valence-electron chi connectivity index (χ0n) is 16.2. The zero-order chi connectivity index (χ0) is 20.1. The number of aromatic nitrogens is 2. The number of hydrogen-bond acceptors (Lipinski definition) is 4. The molecule has 2 heterocycles. The number of likely N-dealkylation sites (N-methyl/N-ethyl adjacent to an activating group) is 1. The first-order valence-corrected chi connectivity index (χ1v) is 9.47. The van der Waals surface area contributed by atoms with Crippen LogP contribution >= 0.6 is 0 Å². The quantitative estimate of drug-likeness (QED) is 0.791. The Morgan fingerprint density at radius 2 is 2.00 bits per heavy atom. The van der Waals surface area contributed by atoms with Crippen LogP contribution in [0.15, 0.2) is 30.5 Å². The van der Waals surface area contributed by atoms with Crippen LogP contribution in [0.3, 0.4) is 0 Å². The molecule has 0 saturated carbocycles. The van der Waals surface area contributed by atoms with Gasteiger partial charge in [0.25, 0.3) is 5.91 Å². The molecule has 8 heteroatoms. The molecule has 1 aliphatic rings. The molecular weight excluding hydrogens is 361 g/mol. The molecular formula is C20H26FN5O2. The smallest absolute Gasteiger partial charge is 0.257 e. The zero-order valence-corrected chi connectivity index (χ0v) is 16.2. The maximum atomic E-state index is 14.1. The van der Waals surface area contributed by atoms with Crippen molar-refractivity contribution in [1.82, 2.24) is 25.3 Å². The number of benzene rings is 1. The fourth-order valence-corrected chi connectivity index (χ4v) is 3.38. The minimum absolute atomic E-state index is 0.0457. The van der Waals surface area contributed by atoms with Crippen molar-refractivity contribution >= 4 is 11.8 Å². The van der Waals surface area contributed by atoms with E-state index < -0.39 is 5.82 Å². The van der Waals surface area contributed by atoms with Gasteiger partial charge in [-0.2, -0.15) is 5.10 Å². The molecule has 3 rings (SSSR count). The Balaban J connectivity index is 1.60. The molecule has 0 bridgehead atoms. The Hall–Kier alpha value is -2.74. The number of halogens is 1. The maximum Gasteiger partial charge on any atom is 0.257 e. The van der Waals surface area contributed by atoms with E-state index in [1.807, 2.05) is 19.0 Å². The number of nitrogens with zero attached hydrogens (tertiary/aromatic N) is 3. The Bertz CT molecular complexity index is 828. The standard InChI is InChI=1S/C20H26FN5O2/c1-25(2)12-9-22-19(27)14-7-10-26(11-8-14)20(28)16-13-23-24-18(16)15-5-3-4-6-17(15)21/h3-6,13-14H,7-12H2,1-2H3,(H,22,27)(H,23,24). The van der Waals surface area contributed by atoms with E-state index >= 15 is 0 Å². The SMILES string of the molecule is CN(C)CCNC(=O)C1CCN(C(=O)c2cn[nH]c2-c2ccccc2F)CC1. The van der Waals surface area contributed by atoms with Crippen molar-refractivity contribution in [2.24, 2.45) is 5.92 Å². The molecule has 1 saturated heterocycles. The van der Waals surface area contributed by atoms with Gasteiger partial charge in [-0.15, -0.1) is 0 Å². The number of rotatable bonds is 6. The van der Waals surface area contributed by atoms with Gasteiger partial charge in [0.1, 0.15) is 5.82 Å². The van der Waals surface area contributed by atoms with Crippen LogP contribution in [0.25, 0.3) is 11.3 Å². The van der Waals surface area contributed by atoms with Crippen molar-refractivity contribution in [1.29, 1.82) is 0 Å². The summed E-state index contributed by atoms with van der Waals surface area (Å²) in [5.74, 6) is -0.640. The van der Waals surface area contributed by atoms with E-state index in [1.165, 1.54) is 12.3 Å². The van der Waals surface area contributed by atoms with Gasteiger partial charge in [-0.1, -0.05) is 12.1 Å². The van der Waals surface area contributed by atoms with E-state index in [0.717, 1.165) is 6.54 Å². The second kappa shape index (κ2) is 8.97. The molecule has 2 amide bonds. The lowest BCUT2D eigenvalue weighted by Crippen LogP contribution is -2.44. The highest BCUT2D eigenvalue weighted by atomic mass is 19.1. The van der Waals surface area contributed by atoms with Crippen molar-refractivity contribution in [3.8, 4) is 11.3 Å². The van der Waals surface area contributed by atoms with Crippen LogP contribution in [-0.4, -0.2) is 72.1 Å². The Labute approximate surface area is 163 Å². The largest absolute Gasteiger partial charge is 0.355 e. The predicted molar refractivity (Wildman–Crippen MR) is 104 cm³/mol. The van der Waals surface area contributed by atoms with E-state index in [4.69, 9.17) is 0 Å². The van der Waals surface area contributed by atoms with Crippen molar-refractivity contribution in [2.45, 2.75) is 12.8 Å². The molecule has 0 radical (unpaired) electrons. The second-order valence-electron chi connectivity index (χ2n) is 7.30. The summed E-state index contributed by atoms with van der Waals surface area (Å²) >= 11 is 0. The maximum absolute atomic E-state index is 14.1. The van der Waals surface area contributed by atoms with E-state index in [1.54, 1.807) is 23.1 Å². The third-order valence-corrected chi connectivity index (χ3v) is 5.02. The lowest BCUT2D eigenvalue weighted by atomic mass is 9.95. The normalized spacial score (nSPS) is 15.1. The average Bonchev–Trinajstić information content (AvgIpc) is 3.17. The van der Waals surface area contributed by atoms with Crippen LogP contribution in [-0.2, 0) is 4.79 Å². The van der Waals surface area contributed by atoms with Crippen molar-refractivity contribution < 1.29 is 14.0 Å². The number of aromatic amines is 1. The van der Waals surface area contributed by atoms with Gasteiger partial charge in [0.2, 0.25) is 5.91 Å². The molecule has 1 fully saturated rings. The van der Waals surface area contributed by atoms with Gasteiger partial charge < -0.3 is 15.1 Å². The van der Waals surface area contributed by atoms with Crippen molar-refractivity contribution in [3.63, 3.8) is 0 Å². The first-order chi connectivity index (χ1) is 13.5. The molecule has 0 spiro atoms. The van der Waals surface area contributed by atoms with Crippen LogP contribution in [0.4, 0.5) is 4.39 Å². The van der Waals surface area contributed by atoms with Crippen molar-refractivity contribution in [3.05, 3.63) is 41.8 Å². The van der Waals surface area contributed by atoms with Gasteiger partial charge in [-0.25, -0.2) is 4.39 Å². The highest BCUT2D eigenvalue weighted by Gasteiger charge is 2.29. The summed E-state index contributed by atoms with van der Waals surface area (Å²) in [6.07, 6.45) is 2.67. The summed E-state index contributed by atoms with van der Waals surface area (Å²) in [5.41, 5.74) is 1.05. The topological polar surface area (TPSA) is 81.3 Å². The number of nitrogens with one attached hydrogen (secondary N) is 2. The van der Waals surface area contributed by atoms with E-state index in [-0.39, 0.29) is 17.7 Å². The first-order valence-electron chi connectivity index (χ1n) is 9.47. The summed E-state index contributed by atoms with van der Waals surface area (Å²) in [4.78, 5) is 28.9. The number of carbonyl (C=O) groups excluding carboxylic acids is 2. The van der Waals surface area contributed by atoms with Gasteiger partial charge in [0, 0.05) is 37.7 Å². The molecule has 1 aromatic heterocycles. The summed E-state index contributed by atoms with van der Waals surface area (Å²) in [5, 5.41) is 9.63. The molecule has 0 aliphatic carbocycles. The molecule has 28 heavy (non-hydrogen) atoms. The number of hydrogen-bond donors (Lipinski definition) is 2. The summed E-state index contributed by atoms with van der Waals surface area (Å²) in [6.45, 7) is 2.40. The van der Waals surface area contributed by atoms with E-state index in [9.17, 15) is 14.0 Å². The van der Waals surface area contributed by atoms with Gasteiger partial charge in [-0.05, 0) is 39.1 Å². The van der Waals surface area contributed by atoms with E-state index in [2.05, 4.69) is 15.5 Å². The van der Waals surface area contributed by atoms with E-state index in [0.29, 0.717) is 49.3 Å². The van der Waals surface area contributed by atoms with Crippen molar-refractivity contribution in [2.75, 3.05) is 40.3 Å². The Morgan fingerprint density at radius 1 is 1.29 bits per heavy atom. The lowest BCUT2D eigenvalue weighted by molar-refractivity contribution is -0.126. The van der Waals surface area contributed by atoms with Gasteiger partial charge in [0.05, 0.1) is 17.5 Å². The molecule has 1 aromatic carbocycles. The van der Waals surface area contributed by atoms with Crippen LogP contribution < -0.4 is 5.32 Å². The third kappa shape index (κ3) is 4.56. The number of likely N-dealkylation sites (tertiary alicyclic amines) is 1. The summed E-state index contributed by atoms with van der Waals surface area (Å²) in [6, 6.07) is 6.29. The third-order valence-electron chi connectivity index (χ3n) is 5.02. The highest BCUT2D eigenvalue weighted by Crippen LogP contribution is 2.26.